The van der Waals surface area contributed by atoms with Crippen LogP contribution >= 0.6 is 0 Å². The summed E-state index contributed by atoms with van der Waals surface area (Å²) >= 11 is 0. The van der Waals surface area contributed by atoms with Crippen LogP contribution in [0, 0.1) is 17.7 Å². The molecule has 0 saturated heterocycles. The molecular weight excluding hydrogens is 366 g/mol. The molecule has 148 valence electrons. The number of carbonyl (C=O) groups excluding carboxylic acids is 2. The lowest BCUT2D eigenvalue weighted by molar-refractivity contribution is -0.113. The molecule has 1 fully saturated rings. The number of aryl methyl sites for hydroxylation is 1. The molecule has 0 radical (unpaired) electrons. The van der Waals surface area contributed by atoms with Crippen molar-refractivity contribution in [2.24, 2.45) is 11.1 Å². The summed E-state index contributed by atoms with van der Waals surface area (Å²) in [6.45, 7) is 5.69. The summed E-state index contributed by atoms with van der Waals surface area (Å²) in [5.74, 6) is -2.15. The van der Waals surface area contributed by atoms with E-state index in [1.54, 1.807) is 6.92 Å². The summed E-state index contributed by atoms with van der Waals surface area (Å²) in [5.41, 5.74) is -0.0114. The predicted molar refractivity (Wildman–Crippen MR) is 101 cm³/mol. The molecule has 2 aromatic heterocycles. The van der Waals surface area contributed by atoms with Gasteiger partial charge in [0.2, 0.25) is 5.88 Å². The Kier molecular flexibility index (Phi) is 5.12. The highest BCUT2D eigenvalue weighted by Crippen LogP contribution is 2.25. The van der Waals surface area contributed by atoms with Crippen molar-refractivity contribution < 1.29 is 14.7 Å². The lowest BCUT2D eigenvalue weighted by Gasteiger charge is -2.15. The fourth-order valence-electron chi connectivity index (χ4n) is 2.97. The fraction of sp³-hybridized carbons (Fsp3) is 0.444. The van der Waals surface area contributed by atoms with Gasteiger partial charge in [-0.2, -0.15) is 9.61 Å². The Hall–Kier alpha value is -3.30. The van der Waals surface area contributed by atoms with Gasteiger partial charge in [-0.05, 0) is 31.8 Å². The summed E-state index contributed by atoms with van der Waals surface area (Å²) < 4.78 is 2.46. The van der Waals surface area contributed by atoms with Gasteiger partial charge < -0.3 is 10.4 Å². The monoisotopic (exact) mass is 387 g/mol. The van der Waals surface area contributed by atoms with Crippen molar-refractivity contribution in [3.63, 3.8) is 0 Å². The Balaban J connectivity index is 2.28. The molecule has 10 heteroatoms. The largest absolute Gasteiger partial charge is 0.492 e. The highest BCUT2D eigenvalue weighted by Gasteiger charge is 2.30. The molecule has 0 aliphatic heterocycles. The third-order valence-electron chi connectivity index (χ3n) is 4.39. The smallest absolute Gasteiger partial charge is 0.309 e. The van der Waals surface area contributed by atoms with Crippen LogP contribution in [-0.4, -0.2) is 37.1 Å². The first-order valence-electron chi connectivity index (χ1n) is 8.96. The van der Waals surface area contributed by atoms with E-state index in [0.29, 0.717) is 11.3 Å². The summed E-state index contributed by atoms with van der Waals surface area (Å²) in [4.78, 5) is 47.2. The zero-order valence-corrected chi connectivity index (χ0v) is 15.8. The van der Waals surface area contributed by atoms with E-state index in [1.807, 2.05) is 13.8 Å². The van der Waals surface area contributed by atoms with Crippen molar-refractivity contribution in [3.8, 4) is 5.88 Å². The zero-order valence-electron chi connectivity index (χ0n) is 15.8. The topological polar surface area (TPSA) is 135 Å². The van der Waals surface area contributed by atoms with Crippen molar-refractivity contribution >= 4 is 23.5 Å². The first-order valence-corrected chi connectivity index (χ1v) is 8.96. The second-order valence-corrected chi connectivity index (χ2v) is 7.25. The molecule has 2 heterocycles. The quantitative estimate of drug-likeness (QED) is 0.568. The molecule has 0 spiro atoms. The van der Waals surface area contributed by atoms with Gasteiger partial charge in [-0.25, -0.2) is 0 Å². The molecule has 28 heavy (non-hydrogen) atoms. The second kappa shape index (κ2) is 7.37. The van der Waals surface area contributed by atoms with Crippen LogP contribution in [0.25, 0.3) is 11.7 Å². The van der Waals surface area contributed by atoms with Crippen LogP contribution in [0.15, 0.2) is 16.0 Å². The average Bonchev–Trinajstić information content (AvgIpc) is 3.37. The first-order chi connectivity index (χ1) is 13.2. The number of hydrogen-bond donors (Lipinski definition) is 2. The number of hydrogen-bond acceptors (Lipinski definition) is 6. The summed E-state index contributed by atoms with van der Waals surface area (Å²) in [5, 5.41) is 19.8. The number of carbonyl (C=O) groups is 2. The van der Waals surface area contributed by atoms with E-state index in [-0.39, 0.29) is 29.7 Å². The van der Waals surface area contributed by atoms with Gasteiger partial charge in [-0.15, -0.1) is 4.91 Å². The molecule has 10 nitrogen and oxygen atoms in total. The Labute approximate surface area is 159 Å². The molecule has 0 bridgehead atoms. The SMILES string of the molecule is Cc1nn2c(O)c(C(=O)NC3CC3)c(=O)n(CC(C)C)c2c1/C=C/C(=O)N=O. The Morgan fingerprint density at radius 3 is 2.64 bits per heavy atom. The summed E-state index contributed by atoms with van der Waals surface area (Å²) in [7, 11) is 0. The van der Waals surface area contributed by atoms with Crippen LogP contribution in [0.3, 0.4) is 0 Å². The molecule has 2 amide bonds. The van der Waals surface area contributed by atoms with Gasteiger partial charge in [-0.1, -0.05) is 13.8 Å². The van der Waals surface area contributed by atoms with Crippen molar-refractivity contribution in [2.75, 3.05) is 0 Å². The highest BCUT2D eigenvalue weighted by molar-refractivity contribution is 5.97. The molecule has 1 aliphatic carbocycles. The average molecular weight is 387 g/mol. The van der Waals surface area contributed by atoms with Crippen LogP contribution in [0.1, 0.15) is 48.3 Å². The van der Waals surface area contributed by atoms with Gasteiger partial charge in [-0.3, -0.25) is 19.0 Å². The number of fused-ring (bicyclic) bond motifs is 1. The van der Waals surface area contributed by atoms with Crippen molar-refractivity contribution in [2.45, 2.75) is 46.2 Å². The molecule has 0 aromatic carbocycles. The van der Waals surface area contributed by atoms with E-state index in [2.05, 4.69) is 15.6 Å². The van der Waals surface area contributed by atoms with Crippen LogP contribution in [0.4, 0.5) is 0 Å². The maximum absolute atomic E-state index is 13.1. The summed E-state index contributed by atoms with van der Waals surface area (Å²) in [6.07, 6.45) is 3.96. The van der Waals surface area contributed by atoms with E-state index in [9.17, 15) is 24.4 Å². The van der Waals surface area contributed by atoms with E-state index in [0.717, 1.165) is 23.4 Å². The van der Waals surface area contributed by atoms with E-state index < -0.39 is 23.3 Å². The van der Waals surface area contributed by atoms with Crippen molar-refractivity contribution in [3.05, 3.63) is 38.2 Å². The predicted octanol–water partition coefficient (Wildman–Crippen LogP) is 1.36. The summed E-state index contributed by atoms with van der Waals surface area (Å²) in [6, 6.07) is 0.0141. The van der Waals surface area contributed by atoms with Crippen molar-refractivity contribution in [1.29, 1.82) is 0 Å². The normalized spacial score (nSPS) is 14.1. The lowest BCUT2D eigenvalue weighted by Crippen LogP contribution is -2.36. The first kappa shape index (κ1) is 19.5. The van der Waals surface area contributed by atoms with Crippen LogP contribution in [0.5, 0.6) is 5.88 Å². The number of amides is 2. The van der Waals surface area contributed by atoms with E-state index in [4.69, 9.17) is 0 Å². The van der Waals surface area contributed by atoms with Gasteiger partial charge in [0.15, 0.2) is 5.56 Å². The Morgan fingerprint density at radius 1 is 1.39 bits per heavy atom. The molecule has 2 aromatic rings. The van der Waals surface area contributed by atoms with Gasteiger partial charge >= 0.3 is 5.91 Å². The van der Waals surface area contributed by atoms with E-state index in [1.165, 1.54) is 10.6 Å². The fourth-order valence-corrected chi connectivity index (χ4v) is 2.97. The number of nitrogens with one attached hydrogen (secondary N) is 1. The number of nitroso groups, excluding NO2 is 1. The number of aromatic nitrogens is 3. The molecule has 1 aliphatic rings. The third kappa shape index (κ3) is 3.57. The molecule has 1 saturated carbocycles. The third-order valence-corrected chi connectivity index (χ3v) is 4.39. The Bertz CT molecular complexity index is 1060. The van der Waals surface area contributed by atoms with Gasteiger partial charge in [0.1, 0.15) is 5.65 Å². The minimum absolute atomic E-state index is 0.0141. The van der Waals surface area contributed by atoms with Crippen LogP contribution < -0.4 is 10.9 Å². The number of aromatic hydroxyl groups is 1. The maximum Gasteiger partial charge on any atom is 0.309 e. The standard InChI is InChI=1S/C18H21N5O5/c1-9(2)8-22-16-12(6-7-13(24)21-28)10(3)20-23(16)18(27)14(17(22)26)15(25)19-11-4-5-11/h6-7,9,11,27H,4-5,8H2,1-3H3,(H,19,25)/b7-6+. The molecule has 0 unspecified atom stereocenters. The van der Waals surface area contributed by atoms with E-state index >= 15 is 0 Å². The van der Waals surface area contributed by atoms with Gasteiger partial charge in [0, 0.05) is 29.4 Å². The minimum Gasteiger partial charge on any atom is -0.492 e. The van der Waals surface area contributed by atoms with Crippen LogP contribution in [-0.2, 0) is 11.3 Å². The molecule has 0 atom stereocenters. The molecule has 3 rings (SSSR count). The second-order valence-electron chi connectivity index (χ2n) is 7.25. The van der Waals surface area contributed by atoms with Crippen molar-refractivity contribution in [1.82, 2.24) is 19.5 Å². The lowest BCUT2D eigenvalue weighted by atomic mass is 10.2. The highest BCUT2D eigenvalue weighted by atomic mass is 16.3. The van der Waals surface area contributed by atoms with Crippen LogP contribution in [0.2, 0.25) is 0 Å². The minimum atomic E-state index is -0.985. The van der Waals surface area contributed by atoms with Gasteiger partial charge in [0.25, 0.3) is 11.5 Å². The maximum atomic E-state index is 13.1. The number of rotatable bonds is 6. The zero-order chi connectivity index (χ0) is 20.6. The Morgan fingerprint density at radius 2 is 2.07 bits per heavy atom. The molecular formula is C18H21N5O5. The number of nitrogens with zero attached hydrogens (tertiary/aromatic N) is 4. The van der Waals surface area contributed by atoms with Gasteiger partial charge in [0.05, 0.1) is 5.69 Å². The molecule has 2 N–H and O–H groups in total.